The van der Waals surface area contributed by atoms with Crippen LogP contribution in [-0.2, 0) is 17.4 Å². The number of anilines is 2. The van der Waals surface area contributed by atoms with E-state index in [2.05, 4.69) is 25.4 Å². The van der Waals surface area contributed by atoms with Gasteiger partial charge >= 0.3 is 6.18 Å². The predicted molar refractivity (Wildman–Crippen MR) is 136 cm³/mol. The van der Waals surface area contributed by atoms with E-state index in [1.807, 2.05) is 31.3 Å². The van der Waals surface area contributed by atoms with Crippen LogP contribution in [0.2, 0.25) is 0 Å². The largest absolute Gasteiger partial charge is 0.433 e. The third-order valence-corrected chi connectivity index (χ3v) is 8.14. The number of aromatic nitrogens is 4. The lowest BCUT2D eigenvalue weighted by atomic mass is 9.67. The zero-order valence-corrected chi connectivity index (χ0v) is 21.3. The molecule has 1 aliphatic rings. The van der Waals surface area contributed by atoms with E-state index in [1.165, 1.54) is 0 Å². The van der Waals surface area contributed by atoms with Gasteiger partial charge in [-0.1, -0.05) is 11.2 Å². The van der Waals surface area contributed by atoms with Crippen molar-refractivity contribution >= 4 is 28.9 Å². The van der Waals surface area contributed by atoms with Gasteiger partial charge in [-0.15, -0.1) is 11.3 Å². The van der Waals surface area contributed by atoms with Crippen LogP contribution >= 0.6 is 11.3 Å². The Bertz CT molecular complexity index is 1430. The lowest BCUT2D eigenvalue weighted by Gasteiger charge is -2.37. The summed E-state index contributed by atoms with van der Waals surface area (Å²) in [5, 5.41) is 7.60. The third kappa shape index (κ3) is 5.54. The van der Waals surface area contributed by atoms with Gasteiger partial charge in [0.2, 0.25) is 11.9 Å². The maximum atomic E-state index is 13.0. The molecule has 8 nitrogen and oxygen atoms in total. The Morgan fingerprint density at radius 3 is 2.68 bits per heavy atom. The quantitative estimate of drug-likeness (QED) is 0.293. The predicted octanol–water partition coefficient (Wildman–Crippen LogP) is 6.03. The number of halogens is 3. The van der Waals surface area contributed by atoms with Gasteiger partial charge in [-0.25, -0.2) is 15.0 Å². The second-order valence-corrected chi connectivity index (χ2v) is 10.7. The number of thiazole rings is 1. The molecule has 1 fully saturated rings. The summed E-state index contributed by atoms with van der Waals surface area (Å²) in [6.07, 6.45) is 4.90. The Balaban J connectivity index is 1.31. The highest BCUT2D eigenvalue weighted by atomic mass is 32.1. The van der Waals surface area contributed by atoms with Crippen LogP contribution in [0, 0.1) is 12.3 Å². The number of aryl methyl sites for hydroxylation is 1. The highest BCUT2D eigenvalue weighted by Gasteiger charge is 2.41. The molecule has 198 valence electrons. The molecule has 0 saturated heterocycles. The molecular weight excluding hydrogens is 517 g/mol. The normalized spacial score (nSPS) is 19.8. The number of amides is 1. The number of carbonyl (C=O) groups excluding carboxylic acids is 1. The molecule has 3 heterocycles. The SMILES string of the molecule is Cc1cc(Nc2nccc(C(F)(F)F)n2)cc(-c2cnc(C3CCC(Cc4cnoc4)(C(N)=O)CC3)s2)c1. The molecule has 0 bridgehead atoms. The Hall–Kier alpha value is -3.80. The molecule has 38 heavy (non-hydrogen) atoms. The highest BCUT2D eigenvalue weighted by molar-refractivity contribution is 7.15. The van der Waals surface area contributed by atoms with Crippen molar-refractivity contribution in [3.63, 3.8) is 0 Å². The minimum atomic E-state index is -4.55. The van der Waals surface area contributed by atoms with Gasteiger partial charge in [-0.05, 0) is 68.4 Å². The van der Waals surface area contributed by atoms with E-state index >= 15 is 0 Å². The number of alkyl halides is 3. The van der Waals surface area contributed by atoms with Crippen LogP contribution < -0.4 is 11.1 Å². The van der Waals surface area contributed by atoms with E-state index < -0.39 is 17.3 Å². The zero-order chi connectivity index (χ0) is 26.9. The molecule has 0 radical (unpaired) electrons. The Labute approximate surface area is 220 Å². The molecule has 0 atom stereocenters. The van der Waals surface area contributed by atoms with Crippen molar-refractivity contribution in [3.8, 4) is 10.4 Å². The monoisotopic (exact) mass is 542 g/mol. The molecule has 12 heteroatoms. The standard InChI is InChI=1S/C26H25F3N6O2S/c1-15-8-18(10-19(9-15)34-24-31-7-4-21(35-24)26(27,28)29)20-13-32-22(38-20)17-2-5-25(6-3-17,23(30)36)11-16-12-33-37-14-16/h4,7-10,12-14,17H,2-3,5-6,11H2,1H3,(H2,30,36)(H,31,34,35). The molecule has 1 saturated carbocycles. The number of nitrogens with two attached hydrogens (primary N) is 1. The van der Waals surface area contributed by atoms with Gasteiger partial charge in [-0.2, -0.15) is 13.2 Å². The van der Waals surface area contributed by atoms with Crippen LogP contribution in [0.4, 0.5) is 24.8 Å². The van der Waals surface area contributed by atoms with E-state index in [0.717, 1.165) is 51.7 Å². The minimum Gasteiger partial charge on any atom is -0.369 e. The van der Waals surface area contributed by atoms with Crippen LogP contribution in [0.3, 0.4) is 0 Å². The molecule has 1 aliphatic carbocycles. The molecule has 5 rings (SSSR count). The van der Waals surface area contributed by atoms with Crippen molar-refractivity contribution < 1.29 is 22.5 Å². The summed E-state index contributed by atoms with van der Waals surface area (Å²) in [5.41, 5.74) is 7.44. The fraction of sp³-hybridized carbons (Fsp3) is 0.346. The Kier molecular flexibility index (Phi) is 6.91. The molecule has 0 aliphatic heterocycles. The van der Waals surface area contributed by atoms with E-state index in [0.29, 0.717) is 24.9 Å². The average molecular weight is 543 g/mol. The van der Waals surface area contributed by atoms with Crippen LogP contribution in [0.1, 0.15) is 53.4 Å². The van der Waals surface area contributed by atoms with Crippen LogP contribution in [-0.4, -0.2) is 26.0 Å². The number of hydrogen-bond acceptors (Lipinski definition) is 8. The van der Waals surface area contributed by atoms with Gasteiger partial charge in [-0.3, -0.25) is 4.79 Å². The van der Waals surface area contributed by atoms with Gasteiger partial charge in [0, 0.05) is 29.6 Å². The molecule has 0 spiro atoms. The molecular formula is C26H25F3N6O2S. The third-order valence-electron chi connectivity index (χ3n) is 6.93. The molecule has 0 unspecified atom stereocenters. The van der Waals surface area contributed by atoms with Crippen molar-refractivity contribution in [3.05, 3.63) is 70.9 Å². The second kappa shape index (κ2) is 10.2. The van der Waals surface area contributed by atoms with E-state index in [9.17, 15) is 18.0 Å². The summed E-state index contributed by atoms with van der Waals surface area (Å²) < 4.78 is 44.0. The van der Waals surface area contributed by atoms with Gasteiger partial charge in [0.15, 0.2) is 0 Å². The van der Waals surface area contributed by atoms with Crippen LogP contribution in [0.15, 0.2) is 53.6 Å². The van der Waals surface area contributed by atoms with Crippen molar-refractivity contribution in [1.82, 2.24) is 20.1 Å². The number of benzene rings is 1. The zero-order valence-electron chi connectivity index (χ0n) is 20.5. The van der Waals surface area contributed by atoms with Gasteiger partial charge in [0.1, 0.15) is 12.0 Å². The molecule has 4 aromatic rings. The van der Waals surface area contributed by atoms with Crippen molar-refractivity contribution in [1.29, 1.82) is 0 Å². The first-order valence-electron chi connectivity index (χ1n) is 12.0. The minimum absolute atomic E-state index is 0.132. The number of rotatable bonds is 7. The molecule has 1 aromatic carbocycles. The van der Waals surface area contributed by atoms with Crippen LogP contribution in [0.5, 0.6) is 0 Å². The summed E-state index contributed by atoms with van der Waals surface area (Å²) in [4.78, 5) is 25.5. The van der Waals surface area contributed by atoms with E-state index in [1.54, 1.807) is 23.8 Å². The molecule has 1 amide bonds. The van der Waals surface area contributed by atoms with Gasteiger partial charge in [0.25, 0.3) is 0 Å². The first kappa shape index (κ1) is 25.8. The van der Waals surface area contributed by atoms with Crippen molar-refractivity contribution in [2.24, 2.45) is 11.1 Å². The summed E-state index contributed by atoms with van der Waals surface area (Å²) >= 11 is 1.58. The first-order chi connectivity index (χ1) is 18.1. The maximum absolute atomic E-state index is 13.0. The van der Waals surface area contributed by atoms with Crippen molar-refractivity contribution in [2.75, 3.05) is 5.32 Å². The molecule has 3 aromatic heterocycles. The average Bonchev–Trinajstić information content (AvgIpc) is 3.56. The number of nitrogens with one attached hydrogen (secondary N) is 1. The second-order valence-electron chi connectivity index (χ2n) is 9.67. The lowest BCUT2D eigenvalue weighted by Crippen LogP contribution is -2.41. The fourth-order valence-electron chi connectivity index (χ4n) is 4.95. The summed E-state index contributed by atoms with van der Waals surface area (Å²) in [6, 6.07) is 6.48. The Morgan fingerprint density at radius 2 is 2.00 bits per heavy atom. The van der Waals surface area contributed by atoms with Gasteiger partial charge in [0.05, 0.1) is 21.5 Å². The number of hydrogen-bond donors (Lipinski definition) is 2. The van der Waals surface area contributed by atoms with Gasteiger partial charge < -0.3 is 15.6 Å². The smallest absolute Gasteiger partial charge is 0.369 e. The highest BCUT2D eigenvalue weighted by Crippen LogP contribution is 2.46. The summed E-state index contributed by atoms with van der Waals surface area (Å²) in [6.45, 7) is 1.91. The number of carbonyl (C=O) groups is 1. The first-order valence-corrected chi connectivity index (χ1v) is 12.9. The lowest BCUT2D eigenvalue weighted by molar-refractivity contribution is -0.141. The molecule has 3 N–H and O–H groups in total. The number of primary amides is 1. The topological polar surface area (TPSA) is 120 Å². The Morgan fingerprint density at radius 1 is 1.21 bits per heavy atom. The van der Waals surface area contributed by atoms with Crippen molar-refractivity contribution in [2.45, 2.75) is 51.1 Å². The summed E-state index contributed by atoms with van der Waals surface area (Å²) in [5.74, 6) is -0.223. The maximum Gasteiger partial charge on any atom is 0.433 e. The van der Waals surface area contributed by atoms with E-state index in [4.69, 9.17) is 10.3 Å². The fourth-order valence-corrected chi connectivity index (χ4v) is 6.02. The van der Waals surface area contributed by atoms with Crippen LogP contribution in [0.25, 0.3) is 10.4 Å². The summed E-state index contributed by atoms with van der Waals surface area (Å²) in [7, 11) is 0. The number of nitrogens with zero attached hydrogens (tertiary/aromatic N) is 4. The van der Waals surface area contributed by atoms with E-state index in [-0.39, 0.29) is 17.8 Å².